The Bertz CT molecular complexity index is 962. The van der Waals surface area contributed by atoms with Crippen molar-refractivity contribution in [3.05, 3.63) is 63.1 Å². The first-order chi connectivity index (χ1) is 13.4. The minimum atomic E-state index is -0.859. The Labute approximate surface area is 170 Å². The van der Waals surface area contributed by atoms with Crippen molar-refractivity contribution in [2.75, 3.05) is 7.11 Å². The molecule has 1 fully saturated rings. The van der Waals surface area contributed by atoms with Crippen LogP contribution < -0.4 is 20.1 Å². The number of benzene rings is 2. The lowest BCUT2D eigenvalue weighted by Crippen LogP contribution is -2.51. The van der Waals surface area contributed by atoms with E-state index in [-0.39, 0.29) is 12.2 Å². The standard InChI is InChI=1S/C19H14Cl2N2O5/c1-27-15-6-5-10(7-11-17(24)22-19(26)23-18(11)25)8-16(15)28-9-12-13(20)3-2-4-14(12)21/h2-8H,9H2,1H3,(H2,22,23,24,25,26). The molecule has 2 aromatic rings. The van der Waals surface area contributed by atoms with E-state index in [0.717, 1.165) is 0 Å². The molecule has 1 saturated heterocycles. The number of nitrogens with one attached hydrogen (secondary N) is 2. The number of carbonyl (C=O) groups excluding carboxylic acids is 3. The number of carbonyl (C=O) groups is 3. The normalized spacial score (nSPS) is 13.7. The summed E-state index contributed by atoms with van der Waals surface area (Å²) in [5.74, 6) is -0.761. The number of methoxy groups -OCH3 is 1. The van der Waals surface area contributed by atoms with Crippen LogP contribution >= 0.6 is 23.2 Å². The van der Waals surface area contributed by atoms with Crippen molar-refractivity contribution in [3.8, 4) is 11.5 Å². The Hall–Kier alpha value is -3.03. The van der Waals surface area contributed by atoms with Crippen LogP contribution in [0.4, 0.5) is 4.79 Å². The molecule has 0 atom stereocenters. The third-order valence-electron chi connectivity index (χ3n) is 3.88. The van der Waals surface area contributed by atoms with Crippen molar-refractivity contribution in [2.24, 2.45) is 0 Å². The molecule has 1 aliphatic rings. The van der Waals surface area contributed by atoms with Gasteiger partial charge in [0.2, 0.25) is 0 Å². The minimum absolute atomic E-state index is 0.0877. The molecule has 4 amide bonds. The number of hydrogen-bond acceptors (Lipinski definition) is 5. The number of ether oxygens (including phenoxy) is 2. The van der Waals surface area contributed by atoms with Crippen LogP contribution in [-0.4, -0.2) is 25.0 Å². The molecule has 7 nitrogen and oxygen atoms in total. The van der Waals surface area contributed by atoms with Gasteiger partial charge in [0.05, 0.1) is 7.11 Å². The Morgan fingerprint density at radius 2 is 1.61 bits per heavy atom. The number of halogens is 2. The molecule has 0 aliphatic carbocycles. The van der Waals surface area contributed by atoms with Crippen molar-refractivity contribution in [2.45, 2.75) is 6.61 Å². The van der Waals surface area contributed by atoms with Gasteiger partial charge in [0.15, 0.2) is 11.5 Å². The summed E-state index contributed by atoms with van der Waals surface area (Å²) in [7, 11) is 1.48. The zero-order valence-corrected chi connectivity index (χ0v) is 16.1. The van der Waals surface area contributed by atoms with E-state index in [2.05, 4.69) is 0 Å². The largest absolute Gasteiger partial charge is 0.493 e. The van der Waals surface area contributed by atoms with Crippen LogP contribution in [0.3, 0.4) is 0 Å². The molecule has 0 unspecified atom stereocenters. The van der Waals surface area contributed by atoms with E-state index in [9.17, 15) is 14.4 Å². The Morgan fingerprint density at radius 3 is 2.21 bits per heavy atom. The lowest BCUT2D eigenvalue weighted by Gasteiger charge is -2.15. The smallest absolute Gasteiger partial charge is 0.328 e. The fraction of sp³-hybridized carbons (Fsp3) is 0.105. The number of barbiturate groups is 1. The third-order valence-corrected chi connectivity index (χ3v) is 4.58. The summed E-state index contributed by atoms with van der Waals surface area (Å²) in [4.78, 5) is 34.9. The van der Waals surface area contributed by atoms with Crippen LogP contribution in [0.5, 0.6) is 11.5 Å². The fourth-order valence-electron chi connectivity index (χ4n) is 2.49. The van der Waals surface area contributed by atoms with Crippen molar-refractivity contribution < 1.29 is 23.9 Å². The summed E-state index contributed by atoms with van der Waals surface area (Å²) in [6, 6.07) is 9.12. The lowest BCUT2D eigenvalue weighted by atomic mass is 10.1. The van der Waals surface area contributed by atoms with Gasteiger partial charge in [0, 0.05) is 15.6 Å². The molecule has 1 aliphatic heterocycles. The van der Waals surface area contributed by atoms with Crippen LogP contribution in [0.2, 0.25) is 10.0 Å². The van der Waals surface area contributed by atoms with Gasteiger partial charge in [0.25, 0.3) is 11.8 Å². The van der Waals surface area contributed by atoms with E-state index >= 15 is 0 Å². The van der Waals surface area contributed by atoms with Gasteiger partial charge in [0.1, 0.15) is 12.2 Å². The van der Waals surface area contributed by atoms with Crippen LogP contribution in [-0.2, 0) is 16.2 Å². The lowest BCUT2D eigenvalue weighted by molar-refractivity contribution is -0.123. The summed E-state index contributed by atoms with van der Waals surface area (Å²) >= 11 is 12.3. The van der Waals surface area contributed by atoms with E-state index in [1.807, 2.05) is 10.6 Å². The first-order valence-corrected chi connectivity index (χ1v) is 8.76. The monoisotopic (exact) mass is 420 g/mol. The first-order valence-electron chi connectivity index (χ1n) is 8.01. The predicted molar refractivity (Wildman–Crippen MR) is 103 cm³/mol. The van der Waals surface area contributed by atoms with E-state index in [0.29, 0.717) is 32.7 Å². The SMILES string of the molecule is COc1ccc(C=C2C(=O)NC(=O)NC2=O)cc1OCc1c(Cl)cccc1Cl. The quantitative estimate of drug-likeness (QED) is 0.571. The summed E-state index contributed by atoms with van der Waals surface area (Å²) in [6.45, 7) is 0.0877. The van der Waals surface area contributed by atoms with Crippen molar-refractivity contribution >= 4 is 47.1 Å². The first kappa shape index (κ1) is 19.7. The molecule has 0 spiro atoms. The highest BCUT2D eigenvalue weighted by atomic mass is 35.5. The summed E-state index contributed by atoms with van der Waals surface area (Å²) in [6.07, 6.45) is 1.34. The molecule has 2 N–H and O–H groups in total. The molecule has 144 valence electrons. The second kappa shape index (κ2) is 8.33. The molecule has 0 aromatic heterocycles. The average molecular weight is 421 g/mol. The second-order valence-corrected chi connectivity index (χ2v) is 6.51. The maximum atomic E-state index is 11.9. The van der Waals surface area contributed by atoms with Gasteiger partial charge in [-0.2, -0.15) is 0 Å². The molecule has 0 saturated carbocycles. The van der Waals surface area contributed by atoms with Crippen LogP contribution in [0.1, 0.15) is 11.1 Å². The predicted octanol–water partition coefficient (Wildman–Crippen LogP) is 3.33. The Balaban J connectivity index is 1.88. The Morgan fingerprint density at radius 1 is 0.964 bits per heavy atom. The third kappa shape index (κ3) is 4.27. The number of imide groups is 2. The van der Waals surface area contributed by atoms with Gasteiger partial charge in [-0.3, -0.25) is 20.2 Å². The molecular formula is C19H14Cl2N2O5. The van der Waals surface area contributed by atoms with Gasteiger partial charge in [-0.05, 0) is 35.9 Å². The fourth-order valence-corrected chi connectivity index (χ4v) is 3.00. The summed E-state index contributed by atoms with van der Waals surface area (Å²) in [5.41, 5.74) is 0.904. The van der Waals surface area contributed by atoms with Gasteiger partial charge in [-0.1, -0.05) is 35.3 Å². The minimum Gasteiger partial charge on any atom is -0.493 e. The van der Waals surface area contributed by atoms with E-state index in [1.165, 1.54) is 13.2 Å². The summed E-state index contributed by atoms with van der Waals surface area (Å²) in [5, 5.41) is 4.95. The molecule has 0 bridgehead atoms. The molecule has 3 rings (SSSR count). The van der Waals surface area contributed by atoms with Crippen LogP contribution in [0, 0.1) is 0 Å². The summed E-state index contributed by atoms with van der Waals surface area (Å²) < 4.78 is 11.1. The van der Waals surface area contributed by atoms with Gasteiger partial charge in [-0.25, -0.2) is 4.79 Å². The number of rotatable bonds is 5. The molecule has 28 heavy (non-hydrogen) atoms. The van der Waals surface area contributed by atoms with E-state index in [1.54, 1.807) is 36.4 Å². The maximum Gasteiger partial charge on any atom is 0.328 e. The van der Waals surface area contributed by atoms with Gasteiger partial charge >= 0.3 is 6.03 Å². The topological polar surface area (TPSA) is 93.7 Å². The van der Waals surface area contributed by atoms with Gasteiger partial charge in [-0.15, -0.1) is 0 Å². The molecule has 9 heteroatoms. The molecule has 0 radical (unpaired) electrons. The molecule has 1 heterocycles. The zero-order valence-electron chi connectivity index (χ0n) is 14.5. The second-order valence-electron chi connectivity index (χ2n) is 5.69. The van der Waals surface area contributed by atoms with Crippen molar-refractivity contribution in [3.63, 3.8) is 0 Å². The van der Waals surface area contributed by atoms with E-state index < -0.39 is 17.8 Å². The highest BCUT2D eigenvalue weighted by Gasteiger charge is 2.27. The number of hydrogen-bond donors (Lipinski definition) is 2. The Kier molecular flexibility index (Phi) is 5.87. The molecule has 2 aromatic carbocycles. The highest BCUT2D eigenvalue weighted by molar-refractivity contribution is 6.36. The number of urea groups is 1. The number of amides is 4. The van der Waals surface area contributed by atoms with Crippen LogP contribution in [0.15, 0.2) is 42.0 Å². The zero-order chi connectivity index (χ0) is 20.3. The molecular weight excluding hydrogens is 407 g/mol. The average Bonchev–Trinajstić information content (AvgIpc) is 2.64. The maximum absolute atomic E-state index is 11.9. The van der Waals surface area contributed by atoms with Gasteiger partial charge < -0.3 is 9.47 Å². The van der Waals surface area contributed by atoms with Crippen LogP contribution in [0.25, 0.3) is 6.08 Å². The van der Waals surface area contributed by atoms with E-state index in [4.69, 9.17) is 32.7 Å². The highest BCUT2D eigenvalue weighted by Crippen LogP contribution is 2.32. The van der Waals surface area contributed by atoms with Crippen molar-refractivity contribution in [1.82, 2.24) is 10.6 Å². The van der Waals surface area contributed by atoms with Crippen molar-refractivity contribution in [1.29, 1.82) is 0 Å².